The number of aromatic nitrogens is 1. The summed E-state index contributed by atoms with van der Waals surface area (Å²) >= 11 is 1.48. The molecule has 0 unspecified atom stereocenters. The van der Waals surface area contributed by atoms with Crippen LogP contribution in [0.15, 0.2) is 12.1 Å². The minimum atomic E-state index is -1.20. The first-order chi connectivity index (χ1) is 8.47. The van der Waals surface area contributed by atoms with Crippen LogP contribution in [-0.4, -0.2) is 4.98 Å². The van der Waals surface area contributed by atoms with Gasteiger partial charge in [0, 0.05) is 17.0 Å². The number of anilines is 1. The lowest BCUT2D eigenvalue weighted by atomic mass is 10.3. The van der Waals surface area contributed by atoms with E-state index in [0.717, 1.165) is 21.6 Å². The van der Waals surface area contributed by atoms with Crippen LogP contribution in [-0.2, 0) is 6.54 Å². The average molecular weight is 272 g/mol. The lowest BCUT2D eigenvalue weighted by Gasteiger charge is -2.06. The summed E-state index contributed by atoms with van der Waals surface area (Å²) in [6, 6.07) is 1.33. The maximum absolute atomic E-state index is 13.3. The van der Waals surface area contributed by atoms with Crippen molar-refractivity contribution >= 4 is 17.0 Å². The van der Waals surface area contributed by atoms with Crippen LogP contribution >= 0.6 is 11.3 Å². The largest absolute Gasteiger partial charge is 0.376 e. The molecule has 0 aliphatic heterocycles. The summed E-state index contributed by atoms with van der Waals surface area (Å²) in [5.41, 5.74) is 0.849. The van der Waals surface area contributed by atoms with Crippen LogP contribution in [0.3, 0.4) is 0 Å². The Morgan fingerprint density at radius 2 is 1.78 bits per heavy atom. The predicted molar refractivity (Wildman–Crippen MR) is 65.2 cm³/mol. The van der Waals surface area contributed by atoms with Crippen molar-refractivity contribution in [3.8, 4) is 0 Å². The molecule has 6 heteroatoms. The molecule has 0 saturated heterocycles. The van der Waals surface area contributed by atoms with Crippen molar-refractivity contribution in [2.24, 2.45) is 0 Å². The smallest absolute Gasteiger partial charge is 0.161 e. The van der Waals surface area contributed by atoms with Crippen LogP contribution in [0.25, 0.3) is 0 Å². The standard InChI is InChI=1S/C12H11F3N2S/c1-6-7(2)18-12(17-6)5-16-11-4-9(14)8(13)3-10(11)15/h3-4,16H,5H2,1-2H3. The van der Waals surface area contributed by atoms with Crippen molar-refractivity contribution in [3.63, 3.8) is 0 Å². The predicted octanol–water partition coefficient (Wildman–Crippen LogP) is 3.79. The summed E-state index contributed by atoms with van der Waals surface area (Å²) in [5.74, 6) is -3.09. The molecule has 1 aromatic carbocycles. The minimum Gasteiger partial charge on any atom is -0.376 e. The fourth-order valence-electron chi connectivity index (χ4n) is 1.44. The molecule has 1 N–H and O–H groups in total. The van der Waals surface area contributed by atoms with E-state index in [1.807, 2.05) is 13.8 Å². The molecule has 18 heavy (non-hydrogen) atoms. The maximum atomic E-state index is 13.3. The van der Waals surface area contributed by atoms with Gasteiger partial charge in [0.1, 0.15) is 10.8 Å². The molecule has 1 aromatic heterocycles. The Kier molecular flexibility index (Phi) is 3.56. The molecule has 0 aliphatic carbocycles. The van der Waals surface area contributed by atoms with Gasteiger partial charge < -0.3 is 5.32 Å². The van der Waals surface area contributed by atoms with Crippen molar-refractivity contribution in [2.75, 3.05) is 5.32 Å². The zero-order chi connectivity index (χ0) is 13.3. The molecule has 2 aromatic rings. The topological polar surface area (TPSA) is 24.9 Å². The first kappa shape index (κ1) is 12.9. The first-order valence-electron chi connectivity index (χ1n) is 5.28. The number of thiazole rings is 1. The Morgan fingerprint density at radius 1 is 1.11 bits per heavy atom. The number of hydrogen-bond acceptors (Lipinski definition) is 3. The van der Waals surface area contributed by atoms with Crippen LogP contribution in [0.4, 0.5) is 18.9 Å². The van der Waals surface area contributed by atoms with E-state index in [2.05, 4.69) is 10.3 Å². The van der Waals surface area contributed by atoms with Crippen LogP contribution in [0.5, 0.6) is 0 Å². The summed E-state index contributed by atoms with van der Waals surface area (Å²) in [5, 5.41) is 3.48. The third-order valence-corrected chi connectivity index (χ3v) is 3.59. The molecule has 0 saturated carbocycles. The second-order valence-electron chi connectivity index (χ2n) is 3.85. The number of hydrogen-bond donors (Lipinski definition) is 1. The van der Waals surface area contributed by atoms with E-state index in [9.17, 15) is 13.2 Å². The van der Waals surface area contributed by atoms with Gasteiger partial charge >= 0.3 is 0 Å². The van der Waals surface area contributed by atoms with E-state index in [1.165, 1.54) is 11.3 Å². The normalized spacial score (nSPS) is 10.7. The van der Waals surface area contributed by atoms with E-state index in [-0.39, 0.29) is 12.2 Å². The van der Waals surface area contributed by atoms with Crippen molar-refractivity contribution < 1.29 is 13.2 Å². The van der Waals surface area contributed by atoms with Gasteiger partial charge in [-0.05, 0) is 13.8 Å². The van der Waals surface area contributed by atoms with Crippen molar-refractivity contribution in [1.29, 1.82) is 0 Å². The lowest BCUT2D eigenvalue weighted by molar-refractivity contribution is 0.496. The summed E-state index contributed by atoms with van der Waals surface area (Å²) in [4.78, 5) is 5.34. The summed E-state index contributed by atoms with van der Waals surface area (Å²) < 4.78 is 39.0. The maximum Gasteiger partial charge on any atom is 0.161 e. The van der Waals surface area contributed by atoms with Crippen molar-refractivity contribution in [1.82, 2.24) is 4.98 Å². The average Bonchev–Trinajstić information content (AvgIpc) is 2.62. The molecule has 2 rings (SSSR count). The first-order valence-corrected chi connectivity index (χ1v) is 6.10. The van der Waals surface area contributed by atoms with Gasteiger partial charge in [-0.15, -0.1) is 11.3 Å². The van der Waals surface area contributed by atoms with Crippen molar-refractivity contribution in [2.45, 2.75) is 20.4 Å². The molecule has 2 nitrogen and oxygen atoms in total. The highest BCUT2D eigenvalue weighted by atomic mass is 32.1. The van der Waals surface area contributed by atoms with E-state index in [1.54, 1.807) is 0 Å². The molecule has 0 spiro atoms. The number of aryl methyl sites for hydroxylation is 2. The zero-order valence-corrected chi connectivity index (χ0v) is 10.7. The zero-order valence-electron chi connectivity index (χ0n) is 9.85. The molecule has 96 valence electrons. The molecular formula is C12H11F3N2S. The Labute approximate surface area is 106 Å². The molecule has 0 amide bonds. The number of benzene rings is 1. The number of nitrogens with zero attached hydrogens (tertiary/aromatic N) is 1. The Bertz CT molecular complexity index is 561. The highest BCUT2D eigenvalue weighted by Gasteiger charge is 2.10. The van der Waals surface area contributed by atoms with Gasteiger partial charge in [0.2, 0.25) is 0 Å². The van der Waals surface area contributed by atoms with Gasteiger partial charge in [-0.25, -0.2) is 18.2 Å². The van der Waals surface area contributed by atoms with E-state index >= 15 is 0 Å². The van der Waals surface area contributed by atoms with Gasteiger partial charge in [0.15, 0.2) is 11.6 Å². The highest BCUT2D eigenvalue weighted by Crippen LogP contribution is 2.21. The molecule has 0 atom stereocenters. The van der Waals surface area contributed by atoms with Gasteiger partial charge in [-0.3, -0.25) is 0 Å². The SMILES string of the molecule is Cc1nc(CNc2cc(F)c(F)cc2F)sc1C. The third-order valence-electron chi connectivity index (χ3n) is 2.51. The Hall–Kier alpha value is -1.56. The molecule has 0 radical (unpaired) electrons. The third kappa shape index (κ3) is 2.64. The number of rotatable bonds is 3. The molecule has 0 aliphatic rings. The summed E-state index contributed by atoms with van der Waals surface area (Å²) in [6.07, 6.45) is 0. The fourth-order valence-corrected chi connectivity index (χ4v) is 2.32. The molecule has 1 heterocycles. The highest BCUT2D eigenvalue weighted by molar-refractivity contribution is 7.11. The van der Waals surface area contributed by atoms with E-state index in [0.29, 0.717) is 6.07 Å². The number of halogens is 3. The lowest BCUT2D eigenvalue weighted by Crippen LogP contribution is -2.02. The van der Waals surface area contributed by atoms with Gasteiger partial charge in [0.25, 0.3) is 0 Å². The van der Waals surface area contributed by atoms with Crippen LogP contribution < -0.4 is 5.32 Å². The monoisotopic (exact) mass is 272 g/mol. The van der Waals surface area contributed by atoms with E-state index in [4.69, 9.17) is 0 Å². The van der Waals surface area contributed by atoms with Gasteiger partial charge in [-0.1, -0.05) is 0 Å². The second kappa shape index (κ2) is 4.97. The summed E-state index contributed by atoms with van der Waals surface area (Å²) in [6.45, 7) is 4.10. The minimum absolute atomic E-state index is 0.0700. The second-order valence-corrected chi connectivity index (χ2v) is 5.14. The van der Waals surface area contributed by atoms with Crippen LogP contribution in [0, 0.1) is 31.3 Å². The van der Waals surface area contributed by atoms with Crippen molar-refractivity contribution in [3.05, 3.63) is 45.2 Å². The quantitative estimate of drug-likeness (QED) is 0.860. The molecular weight excluding hydrogens is 261 g/mol. The van der Waals surface area contributed by atoms with Gasteiger partial charge in [0.05, 0.1) is 17.9 Å². The molecule has 0 bridgehead atoms. The summed E-state index contributed by atoms with van der Waals surface area (Å²) in [7, 11) is 0. The molecule has 0 fully saturated rings. The van der Waals surface area contributed by atoms with Gasteiger partial charge in [-0.2, -0.15) is 0 Å². The fraction of sp³-hybridized carbons (Fsp3) is 0.250. The van der Waals surface area contributed by atoms with Crippen LogP contribution in [0.1, 0.15) is 15.6 Å². The Balaban J connectivity index is 2.13. The Morgan fingerprint density at radius 3 is 2.39 bits per heavy atom. The number of nitrogens with one attached hydrogen (secondary N) is 1. The van der Waals surface area contributed by atoms with Crippen LogP contribution in [0.2, 0.25) is 0 Å². The van der Waals surface area contributed by atoms with E-state index < -0.39 is 17.5 Å².